The summed E-state index contributed by atoms with van der Waals surface area (Å²) in [5.74, 6) is 0. The third-order valence-electron chi connectivity index (χ3n) is 2.23. The topological polar surface area (TPSA) is 49.4 Å². The summed E-state index contributed by atoms with van der Waals surface area (Å²) >= 11 is 4.51. The van der Waals surface area contributed by atoms with Gasteiger partial charge in [-0.25, -0.2) is 8.42 Å². The molecule has 84 valence electrons. The molecule has 0 amide bonds. The summed E-state index contributed by atoms with van der Waals surface area (Å²) in [5.41, 5.74) is 0. The minimum Gasteiger partial charge on any atom is -0.314 e. The van der Waals surface area contributed by atoms with E-state index >= 15 is 0 Å². The van der Waals surface area contributed by atoms with Crippen molar-refractivity contribution in [1.82, 2.24) is 9.62 Å². The normalized spacial score (nSPS) is 19.3. The van der Waals surface area contributed by atoms with Crippen molar-refractivity contribution in [2.75, 3.05) is 26.2 Å². The Morgan fingerprint density at radius 1 is 1.40 bits per heavy atom. The van der Waals surface area contributed by atoms with Gasteiger partial charge in [0.2, 0.25) is 0 Å². The van der Waals surface area contributed by atoms with Crippen LogP contribution in [0, 0.1) is 0 Å². The number of thiophene rings is 1. The van der Waals surface area contributed by atoms with Gasteiger partial charge in [0.1, 0.15) is 4.21 Å². The molecule has 1 N–H and O–H groups in total. The maximum Gasteiger partial charge on any atom is 0.253 e. The summed E-state index contributed by atoms with van der Waals surface area (Å²) in [6, 6.07) is 1.76. The Morgan fingerprint density at radius 2 is 2.07 bits per heavy atom. The predicted molar refractivity (Wildman–Crippen MR) is 63.6 cm³/mol. The lowest BCUT2D eigenvalue weighted by Gasteiger charge is -2.26. The van der Waals surface area contributed by atoms with Crippen molar-refractivity contribution < 1.29 is 8.42 Å². The lowest BCUT2D eigenvalue weighted by atomic mass is 10.4. The molecule has 2 rings (SSSR count). The first kappa shape index (κ1) is 11.5. The minimum atomic E-state index is -3.28. The van der Waals surface area contributed by atoms with E-state index in [0.29, 0.717) is 21.8 Å². The summed E-state index contributed by atoms with van der Waals surface area (Å²) in [5, 5.41) is 4.91. The molecule has 0 radical (unpaired) electrons. The van der Waals surface area contributed by atoms with E-state index in [1.807, 2.05) is 0 Å². The van der Waals surface area contributed by atoms with Crippen molar-refractivity contribution in [3.8, 4) is 0 Å². The van der Waals surface area contributed by atoms with Gasteiger partial charge < -0.3 is 5.32 Å². The second-order valence-corrected chi connectivity index (χ2v) is 7.11. The van der Waals surface area contributed by atoms with Gasteiger partial charge >= 0.3 is 0 Å². The van der Waals surface area contributed by atoms with Crippen molar-refractivity contribution in [1.29, 1.82) is 0 Å². The van der Waals surface area contributed by atoms with Crippen LogP contribution in [0.5, 0.6) is 0 Å². The Hall–Kier alpha value is 0.0500. The molecule has 1 aromatic rings. The third kappa shape index (κ3) is 2.26. The van der Waals surface area contributed by atoms with E-state index in [2.05, 4.69) is 21.2 Å². The number of nitrogens with zero attached hydrogens (tertiary/aromatic N) is 1. The van der Waals surface area contributed by atoms with Crippen LogP contribution in [0.1, 0.15) is 0 Å². The van der Waals surface area contributed by atoms with Gasteiger partial charge in [-0.3, -0.25) is 0 Å². The Morgan fingerprint density at radius 3 is 2.60 bits per heavy atom. The van der Waals surface area contributed by atoms with Crippen LogP contribution in [0.25, 0.3) is 0 Å². The molecular formula is C8H11BrN2O2S2. The van der Waals surface area contributed by atoms with Gasteiger partial charge in [0, 0.05) is 30.7 Å². The van der Waals surface area contributed by atoms with Crippen molar-refractivity contribution in [3.05, 3.63) is 15.9 Å². The van der Waals surface area contributed by atoms with Gasteiger partial charge in [-0.2, -0.15) is 4.31 Å². The standard InChI is InChI=1S/C8H11BrN2O2S2/c9-7-1-6-14-8(7)15(12,13)11-4-2-10-3-5-11/h1,6,10H,2-5H2. The van der Waals surface area contributed by atoms with E-state index in [1.54, 1.807) is 11.4 Å². The largest absolute Gasteiger partial charge is 0.314 e. The SMILES string of the molecule is O=S(=O)(c1sccc1Br)N1CCNCC1. The van der Waals surface area contributed by atoms with E-state index < -0.39 is 10.0 Å². The van der Waals surface area contributed by atoms with Crippen molar-refractivity contribution in [2.45, 2.75) is 4.21 Å². The van der Waals surface area contributed by atoms with Crippen LogP contribution < -0.4 is 5.32 Å². The van der Waals surface area contributed by atoms with E-state index in [4.69, 9.17) is 0 Å². The zero-order chi connectivity index (χ0) is 10.9. The molecule has 2 heterocycles. The smallest absolute Gasteiger partial charge is 0.253 e. The van der Waals surface area contributed by atoms with Gasteiger partial charge in [0.05, 0.1) is 0 Å². The average molecular weight is 311 g/mol. The highest BCUT2D eigenvalue weighted by molar-refractivity contribution is 9.10. The molecule has 0 unspecified atom stereocenters. The van der Waals surface area contributed by atoms with Crippen molar-refractivity contribution >= 4 is 37.3 Å². The fraction of sp³-hybridized carbons (Fsp3) is 0.500. The highest BCUT2D eigenvalue weighted by atomic mass is 79.9. The number of piperazine rings is 1. The monoisotopic (exact) mass is 310 g/mol. The Kier molecular flexibility index (Phi) is 3.46. The van der Waals surface area contributed by atoms with Crippen LogP contribution in [-0.2, 0) is 10.0 Å². The third-order valence-corrected chi connectivity index (χ3v) is 6.78. The average Bonchev–Trinajstić information content (AvgIpc) is 2.66. The summed E-state index contributed by atoms with van der Waals surface area (Å²) < 4.78 is 26.9. The number of hydrogen-bond acceptors (Lipinski definition) is 4. The van der Waals surface area contributed by atoms with Crippen molar-refractivity contribution in [2.24, 2.45) is 0 Å². The maximum absolute atomic E-state index is 12.1. The molecule has 1 fully saturated rings. The van der Waals surface area contributed by atoms with Crippen LogP contribution in [-0.4, -0.2) is 38.9 Å². The molecule has 0 aliphatic carbocycles. The van der Waals surface area contributed by atoms with E-state index in [1.165, 1.54) is 15.6 Å². The molecule has 15 heavy (non-hydrogen) atoms. The minimum absolute atomic E-state index is 0.407. The second-order valence-electron chi connectivity index (χ2n) is 3.21. The quantitative estimate of drug-likeness (QED) is 0.890. The van der Waals surface area contributed by atoms with E-state index in [9.17, 15) is 8.42 Å². The number of nitrogens with one attached hydrogen (secondary N) is 1. The lowest BCUT2D eigenvalue weighted by molar-refractivity contribution is 0.361. The first-order chi connectivity index (χ1) is 7.12. The summed E-state index contributed by atoms with van der Waals surface area (Å²) in [7, 11) is -3.28. The molecule has 4 nitrogen and oxygen atoms in total. The first-order valence-corrected chi connectivity index (χ1v) is 7.67. The van der Waals surface area contributed by atoms with E-state index in [0.717, 1.165) is 13.1 Å². The first-order valence-electron chi connectivity index (χ1n) is 4.56. The van der Waals surface area contributed by atoms with Gasteiger partial charge in [-0.05, 0) is 27.4 Å². The zero-order valence-electron chi connectivity index (χ0n) is 7.94. The Balaban J connectivity index is 2.30. The maximum atomic E-state index is 12.1. The molecule has 0 aromatic carbocycles. The van der Waals surface area contributed by atoms with Gasteiger partial charge in [-0.15, -0.1) is 11.3 Å². The number of rotatable bonds is 2. The zero-order valence-corrected chi connectivity index (χ0v) is 11.2. The molecule has 7 heteroatoms. The molecule has 0 bridgehead atoms. The number of hydrogen-bond donors (Lipinski definition) is 1. The second kappa shape index (κ2) is 4.50. The molecule has 1 aliphatic heterocycles. The van der Waals surface area contributed by atoms with E-state index in [-0.39, 0.29) is 0 Å². The molecule has 0 saturated carbocycles. The van der Waals surface area contributed by atoms with Crippen LogP contribution >= 0.6 is 27.3 Å². The van der Waals surface area contributed by atoms with Crippen molar-refractivity contribution in [3.63, 3.8) is 0 Å². The Bertz CT molecular complexity index is 437. The van der Waals surface area contributed by atoms with Crippen LogP contribution in [0.15, 0.2) is 20.1 Å². The number of sulfonamides is 1. The van der Waals surface area contributed by atoms with Crippen LogP contribution in [0.3, 0.4) is 0 Å². The number of halogens is 1. The summed E-state index contributed by atoms with van der Waals surface area (Å²) in [6.45, 7) is 2.55. The molecule has 0 spiro atoms. The van der Waals surface area contributed by atoms with Crippen LogP contribution in [0.4, 0.5) is 0 Å². The molecule has 1 aromatic heterocycles. The summed E-state index contributed by atoms with van der Waals surface area (Å²) in [4.78, 5) is 0. The molecule has 0 atom stereocenters. The highest BCUT2D eigenvalue weighted by Gasteiger charge is 2.28. The van der Waals surface area contributed by atoms with Gasteiger partial charge in [0.15, 0.2) is 0 Å². The highest BCUT2D eigenvalue weighted by Crippen LogP contribution is 2.30. The van der Waals surface area contributed by atoms with Gasteiger partial charge in [0.25, 0.3) is 10.0 Å². The fourth-order valence-electron chi connectivity index (χ4n) is 1.47. The molecular weight excluding hydrogens is 300 g/mol. The Labute approximate surface area is 101 Å². The van der Waals surface area contributed by atoms with Gasteiger partial charge in [-0.1, -0.05) is 0 Å². The molecule has 1 saturated heterocycles. The fourth-order valence-corrected chi connectivity index (χ4v) is 5.36. The van der Waals surface area contributed by atoms with Crippen LogP contribution in [0.2, 0.25) is 0 Å². The summed E-state index contributed by atoms with van der Waals surface area (Å²) in [6.07, 6.45) is 0. The molecule has 1 aliphatic rings. The predicted octanol–water partition coefficient (Wildman–Crippen LogP) is 1.10. The lowest BCUT2D eigenvalue weighted by Crippen LogP contribution is -2.46.